The summed E-state index contributed by atoms with van der Waals surface area (Å²) in [7, 11) is 0. The number of ether oxygens (including phenoxy) is 1. The topological polar surface area (TPSA) is 53.9 Å². The number of benzene rings is 2. The fourth-order valence-corrected chi connectivity index (χ4v) is 3.01. The molecule has 0 saturated heterocycles. The molecule has 0 atom stereocenters. The number of carbonyl (C=O) groups excluding carboxylic acids is 1. The molecule has 5 nitrogen and oxygen atoms in total. The minimum absolute atomic E-state index is 0.240. The van der Waals surface area contributed by atoms with Crippen LogP contribution in [0.3, 0.4) is 0 Å². The predicted octanol–water partition coefficient (Wildman–Crippen LogP) is 5.26. The van der Waals surface area contributed by atoms with Gasteiger partial charge in [-0.1, -0.05) is 38.3 Å². The smallest absolute Gasteiger partial charge is 0.271 e. The molecule has 2 aromatic carbocycles. The van der Waals surface area contributed by atoms with Gasteiger partial charge in [-0.2, -0.15) is 5.10 Å². The standard InChI is InChI=1S/C24H33N3O2/c1-4-7-8-9-18-29-23-16-12-21(13-17-23)24(28)26-25-19-20-10-14-22(15-11-20)27(5-2)6-3/h10-17,19H,4-9,18H2,1-3H3,(H,26,28). The second-order valence-corrected chi connectivity index (χ2v) is 6.90. The third-order valence-corrected chi connectivity index (χ3v) is 4.78. The Morgan fingerprint density at radius 1 is 0.966 bits per heavy atom. The fourth-order valence-electron chi connectivity index (χ4n) is 3.01. The fraction of sp³-hybridized carbons (Fsp3) is 0.417. The lowest BCUT2D eigenvalue weighted by molar-refractivity contribution is 0.0955. The van der Waals surface area contributed by atoms with Crippen LogP contribution in [0, 0.1) is 0 Å². The summed E-state index contributed by atoms with van der Waals surface area (Å²) in [5, 5.41) is 4.06. The maximum Gasteiger partial charge on any atom is 0.271 e. The van der Waals surface area contributed by atoms with Crippen LogP contribution in [0.15, 0.2) is 53.6 Å². The highest BCUT2D eigenvalue weighted by atomic mass is 16.5. The Balaban J connectivity index is 1.81. The molecule has 1 amide bonds. The lowest BCUT2D eigenvalue weighted by Crippen LogP contribution is -2.21. The molecule has 0 spiro atoms. The molecule has 0 aliphatic heterocycles. The van der Waals surface area contributed by atoms with Crippen molar-refractivity contribution in [2.75, 3.05) is 24.6 Å². The molecule has 2 aromatic rings. The van der Waals surface area contributed by atoms with Gasteiger partial charge in [0.2, 0.25) is 0 Å². The van der Waals surface area contributed by atoms with Crippen LogP contribution in [-0.2, 0) is 0 Å². The van der Waals surface area contributed by atoms with E-state index >= 15 is 0 Å². The molecular formula is C24H33N3O2. The molecule has 29 heavy (non-hydrogen) atoms. The number of hydrogen-bond acceptors (Lipinski definition) is 4. The van der Waals surface area contributed by atoms with Crippen molar-refractivity contribution in [3.05, 3.63) is 59.7 Å². The maximum absolute atomic E-state index is 12.2. The van der Waals surface area contributed by atoms with E-state index in [0.29, 0.717) is 12.2 Å². The van der Waals surface area contributed by atoms with E-state index in [1.807, 2.05) is 24.3 Å². The highest BCUT2D eigenvalue weighted by molar-refractivity contribution is 5.95. The first-order valence-corrected chi connectivity index (χ1v) is 10.6. The Labute approximate surface area is 174 Å². The summed E-state index contributed by atoms with van der Waals surface area (Å²) in [5.74, 6) is 0.547. The number of hydrogen-bond donors (Lipinski definition) is 1. The molecule has 0 fully saturated rings. The van der Waals surface area contributed by atoms with Crippen molar-refractivity contribution in [3.8, 4) is 5.75 Å². The van der Waals surface area contributed by atoms with Crippen molar-refractivity contribution in [1.82, 2.24) is 5.43 Å². The lowest BCUT2D eigenvalue weighted by Gasteiger charge is -2.20. The molecular weight excluding hydrogens is 362 g/mol. The first-order chi connectivity index (χ1) is 14.2. The first-order valence-electron chi connectivity index (χ1n) is 10.6. The van der Waals surface area contributed by atoms with E-state index in [0.717, 1.165) is 30.8 Å². The summed E-state index contributed by atoms with van der Waals surface area (Å²) in [6.07, 6.45) is 6.35. The zero-order chi connectivity index (χ0) is 20.9. The molecule has 0 saturated carbocycles. The molecule has 156 valence electrons. The van der Waals surface area contributed by atoms with E-state index < -0.39 is 0 Å². The minimum Gasteiger partial charge on any atom is -0.494 e. The monoisotopic (exact) mass is 395 g/mol. The molecule has 0 unspecified atom stereocenters. The van der Waals surface area contributed by atoms with Crippen molar-refractivity contribution < 1.29 is 9.53 Å². The summed E-state index contributed by atoms with van der Waals surface area (Å²) in [4.78, 5) is 14.5. The Morgan fingerprint density at radius 3 is 2.28 bits per heavy atom. The van der Waals surface area contributed by atoms with Crippen LogP contribution in [0.2, 0.25) is 0 Å². The van der Waals surface area contributed by atoms with Gasteiger partial charge < -0.3 is 9.64 Å². The average Bonchev–Trinajstić information content (AvgIpc) is 2.76. The Kier molecular flexibility index (Phi) is 9.76. The number of unbranched alkanes of at least 4 members (excludes halogenated alkanes) is 3. The van der Waals surface area contributed by atoms with Gasteiger partial charge in [0.15, 0.2) is 0 Å². The molecule has 0 aromatic heterocycles. The first kappa shape index (κ1) is 22.5. The van der Waals surface area contributed by atoms with Crippen molar-refractivity contribution in [2.24, 2.45) is 5.10 Å². The molecule has 0 heterocycles. The Bertz CT molecular complexity index is 751. The van der Waals surface area contributed by atoms with Gasteiger partial charge in [0.25, 0.3) is 5.91 Å². The van der Waals surface area contributed by atoms with Gasteiger partial charge in [-0.3, -0.25) is 4.79 Å². The van der Waals surface area contributed by atoms with Crippen molar-refractivity contribution in [1.29, 1.82) is 0 Å². The van der Waals surface area contributed by atoms with E-state index in [9.17, 15) is 4.79 Å². The van der Waals surface area contributed by atoms with Gasteiger partial charge in [0.1, 0.15) is 5.75 Å². The second kappa shape index (κ2) is 12.6. The predicted molar refractivity (Wildman–Crippen MR) is 121 cm³/mol. The van der Waals surface area contributed by atoms with Crippen LogP contribution >= 0.6 is 0 Å². The molecule has 5 heteroatoms. The summed E-state index contributed by atoms with van der Waals surface area (Å²) >= 11 is 0. The van der Waals surface area contributed by atoms with Gasteiger partial charge >= 0.3 is 0 Å². The zero-order valence-corrected chi connectivity index (χ0v) is 17.9. The molecule has 0 radical (unpaired) electrons. The summed E-state index contributed by atoms with van der Waals surface area (Å²) in [5.41, 5.74) is 5.25. The molecule has 1 N–H and O–H groups in total. The van der Waals surface area contributed by atoms with E-state index in [4.69, 9.17) is 4.74 Å². The third kappa shape index (κ3) is 7.60. The summed E-state index contributed by atoms with van der Waals surface area (Å²) in [6.45, 7) is 9.13. The minimum atomic E-state index is -0.240. The normalized spacial score (nSPS) is 10.9. The number of amides is 1. The van der Waals surface area contributed by atoms with E-state index in [1.54, 1.807) is 18.3 Å². The molecule has 0 aliphatic rings. The van der Waals surface area contributed by atoms with E-state index in [1.165, 1.54) is 24.9 Å². The van der Waals surface area contributed by atoms with Gasteiger partial charge in [-0.05, 0) is 62.2 Å². The molecule has 0 aliphatic carbocycles. The summed E-state index contributed by atoms with van der Waals surface area (Å²) < 4.78 is 5.70. The number of rotatable bonds is 12. The van der Waals surface area contributed by atoms with Crippen LogP contribution in [0.4, 0.5) is 5.69 Å². The van der Waals surface area contributed by atoms with E-state index in [2.05, 4.69) is 48.3 Å². The summed E-state index contributed by atoms with van der Waals surface area (Å²) in [6, 6.07) is 15.3. The van der Waals surface area contributed by atoms with Gasteiger partial charge in [0.05, 0.1) is 12.8 Å². The Morgan fingerprint density at radius 2 is 1.66 bits per heavy atom. The van der Waals surface area contributed by atoms with Gasteiger partial charge in [-0.15, -0.1) is 0 Å². The highest BCUT2D eigenvalue weighted by Crippen LogP contribution is 2.15. The van der Waals surface area contributed by atoms with Crippen LogP contribution in [0.25, 0.3) is 0 Å². The van der Waals surface area contributed by atoms with Gasteiger partial charge in [-0.25, -0.2) is 5.43 Å². The zero-order valence-electron chi connectivity index (χ0n) is 17.9. The average molecular weight is 396 g/mol. The number of anilines is 1. The molecule has 0 bridgehead atoms. The number of carbonyl (C=O) groups is 1. The van der Waals surface area contributed by atoms with Crippen molar-refractivity contribution >= 4 is 17.8 Å². The van der Waals surface area contributed by atoms with Crippen LogP contribution in [-0.4, -0.2) is 31.8 Å². The molecule has 2 rings (SSSR count). The highest BCUT2D eigenvalue weighted by Gasteiger charge is 2.05. The largest absolute Gasteiger partial charge is 0.494 e. The lowest BCUT2D eigenvalue weighted by atomic mass is 10.2. The SMILES string of the molecule is CCCCCCOc1ccc(C(=O)NN=Cc2ccc(N(CC)CC)cc2)cc1. The van der Waals surface area contributed by atoms with Crippen molar-refractivity contribution in [2.45, 2.75) is 46.5 Å². The van der Waals surface area contributed by atoms with Crippen LogP contribution in [0.5, 0.6) is 5.75 Å². The van der Waals surface area contributed by atoms with Gasteiger partial charge in [0, 0.05) is 24.3 Å². The third-order valence-electron chi connectivity index (χ3n) is 4.78. The number of hydrazone groups is 1. The van der Waals surface area contributed by atoms with Crippen molar-refractivity contribution in [3.63, 3.8) is 0 Å². The number of nitrogens with zero attached hydrogens (tertiary/aromatic N) is 2. The quantitative estimate of drug-likeness (QED) is 0.303. The van der Waals surface area contributed by atoms with E-state index in [-0.39, 0.29) is 5.91 Å². The Hall–Kier alpha value is -2.82. The van der Waals surface area contributed by atoms with Crippen LogP contribution < -0.4 is 15.1 Å². The number of nitrogens with one attached hydrogen (secondary N) is 1. The van der Waals surface area contributed by atoms with Crippen LogP contribution in [0.1, 0.15) is 62.4 Å². The maximum atomic E-state index is 12.2. The second-order valence-electron chi connectivity index (χ2n) is 6.90.